The normalized spacial score (nSPS) is 17.9. The zero-order valence-corrected chi connectivity index (χ0v) is 14.5. The highest BCUT2D eigenvalue weighted by molar-refractivity contribution is 7.89. The molecular formula is C16H18ClFN2O2S. The molecule has 0 spiro atoms. The number of sulfonamides is 1. The zero-order valence-electron chi connectivity index (χ0n) is 12.9. The summed E-state index contributed by atoms with van der Waals surface area (Å²) in [7, 11) is -3.70. The molecule has 0 amide bonds. The van der Waals surface area contributed by atoms with Gasteiger partial charge in [0, 0.05) is 23.5 Å². The Morgan fingerprint density at radius 2 is 2.13 bits per heavy atom. The van der Waals surface area contributed by atoms with E-state index < -0.39 is 16.2 Å². The van der Waals surface area contributed by atoms with Crippen molar-refractivity contribution in [3.63, 3.8) is 0 Å². The van der Waals surface area contributed by atoms with Crippen LogP contribution in [0.25, 0.3) is 10.8 Å². The summed E-state index contributed by atoms with van der Waals surface area (Å²) in [5, 5.41) is 1.14. The van der Waals surface area contributed by atoms with Gasteiger partial charge in [-0.2, -0.15) is 0 Å². The van der Waals surface area contributed by atoms with Gasteiger partial charge in [-0.15, -0.1) is 0 Å². The van der Waals surface area contributed by atoms with Crippen LogP contribution in [0.4, 0.5) is 4.39 Å². The van der Waals surface area contributed by atoms with Crippen molar-refractivity contribution in [2.75, 3.05) is 6.54 Å². The summed E-state index contributed by atoms with van der Waals surface area (Å²) >= 11 is 5.94. The van der Waals surface area contributed by atoms with E-state index in [9.17, 15) is 12.8 Å². The lowest BCUT2D eigenvalue weighted by molar-refractivity contribution is 0.345. The number of aryl methyl sites for hydroxylation is 1. The van der Waals surface area contributed by atoms with Crippen molar-refractivity contribution in [1.82, 2.24) is 9.71 Å². The first kappa shape index (κ1) is 16.6. The fraction of sp³-hybridized carbons (Fsp3) is 0.438. The Morgan fingerprint density at radius 1 is 1.39 bits per heavy atom. The number of rotatable bonds is 4. The van der Waals surface area contributed by atoms with E-state index in [1.165, 1.54) is 12.3 Å². The van der Waals surface area contributed by atoms with E-state index >= 15 is 0 Å². The second-order valence-corrected chi connectivity index (χ2v) is 8.37. The minimum atomic E-state index is -3.70. The highest BCUT2D eigenvalue weighted by Crippen LogP contribution is 2.41. The Balaban J connectivity index is 2.24. The third-order valence-electron chi connectivity index (χ3n) is 4.03. The largest absolute Gasteiger partial charge is 0.244 e. The monoisotopic (exact) mass is 356 g/mol. The molecule has 1 unspecified atom stereocenters. The van der Waals surface area contributed by atoms with Gasteiger partial charge in [0.25, 0.3) is 0 Å². The Labute approximate surface area is 140 Å². The fourth-order valence-electron chi connectivity index (χ4n) is 2.91. The molecule has 1 aliphatic carbocycles. The third-order valence-corrected chi connectivity index (χ3v) is 5.70. The summed E-state index contributed by atoms with van der Waals surface area (Å²) < 4.78 is 42.2. The Morgan fingerprint density at radius 3 is 2.83 bits per heavy atom. The molecule has 1 aliphatic rings. The number of aromatic nitrogens is 1. The molecule has 1 N–H and O–H groups in total. The van der Waals surface area contributed by atoms with Crippen LogP contribution < -0.4 is 4.72 Å². The van der Waals surface area contributed by atoms with Crippen LogP contribution in [0.3, 0.4) is 0 Å². The molecule has 124 valence electrons. The number of hydrogen-bond acceptors (Lipinski definition) is 3. The van der Waals surface area contributed by atoms with Crippen molar-refractivity contribution in [1.29, 1.82) is 0 Å². The standard InChI is InChI=1S/C16H18ClFN2O2S/c1-9(2)7-20-23(21,22)14-5-10-3-4-13(18)16(10)12-8-19-15(17)6-11(12)14/h5-6,8-9,13,20H,3-4,7H2,1-2H3. The van der Waals surface area contributed by atoms with Crippen molar-refractivity contribution >= 4 is 32.4 Å². The average Bonchev–Trinajstić information content (AvgIpc) is 2.86. The molecule has 7 heteroatoms. The van der Waals surface area contributed by atoms with E-state index in [1.807, 2.05) is 13.8 Å². The first-order valence-corrected chi connectivity index (χ1v) is 9.40. The number of nitrogens with zero attached hydrogens (tertiary/aromatic N) is 1. The molecule has 0 fully saturated rings. The zero-order chi connectivity index (χ0) is 16.8. The van der Waals surface area contributed by atoms with E-state index in [2.05, 4.69) is 9.71 Å². The van der Waals surface area contributed by atoms with Gasteiger partial charge in [0.1, 0.15) is 11.3 Å². The molecule has 1 aromatic carbocycles. The number of benzene rings is 1. The van der Waals surface area contributed by atoms with Gasteiger partial charge in [-0.1, -0.05) is 25.4 Å². The third kappa shape index (κ3) is 3.07. The quantitative estimate of drug-likeness (QED) is 0.848. The van der Waals surface area contributed by atoms with Crippen molar-refractivity contribution < 1.29 is 12.8 Å². The molecule has 23 heavy (non-hydrogen) atoms. The number of halogens is 2. The number of alkyl halides is 1. The Kier molecular flexibility index (Phi) is 4.33. The summed E-state index contributed by atoms with van der Waals surface area (Å²) in [6, 6.07) is 3.07. The summed E-state index contributed by atoms with van der Waals surface area (Å²) in [5.74, 6) is 0.186. The molecule has 0 saturated heterocycles. The topological polar surface area (TPSA) is 59.1 Å². The predicted octanol–water partition coefficient (Wildman–Crippen LogP) is 3.78. The minimum Gasteiger partial charge on any atom is -0.244 e. The molecule has 1 aromatic heterocycles. The number of pyridine rings is 1. The molecular weight excluding hydrogens is 339 g/mol. The lowest BCUT2D eigenvalue weighted by atomic mass is 10.0. The molecule has 3 rings (SSSR count). The van der Waals surface area contributed by atoms with E-state index in [-0.39, 0.29) is 16.0 Å². The summed E-state index contributed by atoms with van der Waals surface area (Å²) in [4.78, 5) is 4.14. The molecule has 1 heterocycles. The van der Waals surface area contributed by atoms with Gasteiger partial charge >= 0.3 is 0 Å². The van der Waals surface area contributed by atoms with Gasteiger partial charge in [-0.3, -0.25) is 0 Å². The highest BCUT2D eigenvalue weighted by atomic mass is 35.5. The van der Waals surface area contributed by atoms with Crippen molar-refractivity contribution in [3.8, 4) is 0 Å². The average molecular weight is 357 g/mol. The Hall–Kier alpha value is -1.24. The van der Waals surface area contributed by atoms with Crippen molar-refractivity contribution in [2.24, 2.45) is 5.92 Å². The summed E-state index contributed by atoms with van der Waals surface area (Å²) in [6.45, 7) is 4.20. The van der Waals surface area contributed by atoms with Gasteiger partial charge in [0.15, 0.2) is 0 Å². The summed E-state index contributed by atoms with van der Waals surface area (Å²) in [5.41, 5.74) is 1.28. The van der Waals surface area contributed by atoms with Gasteiger partial charge in [-0.05, 0) is 42.0 Å². The molecule has 4 nitrogen and oxygen atoms in total. The molecule has 0 radical (unpaired) electrons. The number of nitrogens with one attached hydrogen (secondary N) is 1. The molecule has 0 saturated carbocycles. The second-order valence-electron chi connectivity index (χ2n) is 6.25. The highest BCUT2D eigenvalue weighted by Gasteiger charge is 2.29. The predicted molar refractivity (Wildman–Crippen MR) is 88.9 cm³/mol. The maximum absolute atomic E-state index is 14.2. The minimum absolute atomic E-state index is 0.144. The molecule has 0 bridgehead atoms. The summed E-state index contributed by atoms with van der Waals surface area (Å²) in [6.07, 6.45) is 1.28. The van der Waals surface area contributed by atoms with Gasteiger partial charge in [0.2, 0.25) is 10.0 Å². The second kappa shape index (κ2) is 6.00. The first-order valence-electron chi connectivity index (χ1n) is 7.54. The lowest BCUT2D eigenvalue weighted by Crippen LogP contribution is -2.27. The van der Waals surface area contributed by atoms with Crippen LogP contribution >= 0.6 is 11.6 Å². The van der Waals surface area contributed by atoms with Crippen LogP contribution in [0.15, 0.2) is 23.2 Å². The van der Waals surface area contributed by atoms with Crippen molar-refractivity contribution in [2.45, 2.75) is 37.8 Å². The SMILES string of the molecule is CC(C)CNS(=O)(=O)c1cc2c(c3cnc(Cl)cc13)C(F)CC2. The van der Waals surface area contributed by atoms with Crippen LogP contribution in [-0.4, -0.2) is 19.9 Å². The Bertz CT molecular complexity index is 868. The van der Waals surface area contributed by atoms with Gasteiger partial charge < -0.3 is 0 Å². The number of hydrogen-bond donors (Lipinski definition) is 1. The maximum Gasteiger partial charge on any atom is 0.241 e. The van der Waals surface area contributed by atoms with Crippen LogP contribution in [0.1, 0.15) is 37.6 Å². The van der Waals surface area contributed by atoms with Crippen LogP contribution in [0.5, 0.6) is 0 Å². The van der Waals surface area contributed by atoms with E-state index in [0.717, 1.165) is 5.56 Å². The van der Waals surface area contributed by atoms with Crippen molar-refractivity contribution in [3.05, 3.63) is 34.6 Å². The molecule has 0 aliphatic heterocycles. The number of fused-ring (bicyclic) bond motifs is 3. The smallest absolute Gasteiger partial charge is 0.241 e. The molecule has 2 aromatic rings. The lowest BCUT2D eigenvalue weighted by Gasteiger charge is -2.15. The maximum atomic E-state index is 14.2. The van der Waals surface area contributed by atoms with E-state index in [4.69, 9.17) is 11.6 Å². The van der Waals surface area contributed by atoms with E-state index in [1.54, 1.807) is 6.07 Å². The van der Waals surface area contributed by atoms with Gasteiger partial charge in [0.05, 0.1) is 4.90 Å². The van der Waals surface area contributed by atoms with Crippen LogP contribution in [-0.2, 0) is 16.4 Å². The fourth-order valence-corrected chi connectivity index (χ4v) is 4.54. The van der Waals surface area contributed by atoms with E-state index in [0.29, 0.717) is 35.7 Å². The van der Waals surface area contributed by atoms with Crippen LogP contribution in [0.2, 0.25) is 5.15 Å². The van der Waals surface area contributed by atoms with Gasteiger partial charge in [-0.25, -0.2) is 22.5 Å². The molecule has 1 atom stereocenters. The first-order chi connectivity index (χ1) is 10.8. The van der Waals surface area contributed by atoms with Crippen LogP contribution in [0, 0.1) is 5.92 Å².